The molecule has 0 aliphatic carbocycles. The van der Waals surface area contributed by atoms with Crippen LogP contribution < -0.4 is 15.8 Å². The van der Waals surface area contributed by atoms with E-state index in [9.17, 15) is 9.90 Å². The Bertz CT molecular complexity index is 735. The molecule has 0 saturated heterocycles. The number of benzene rings is 2. The highest BCUT2D eigenvalue weighted by Crippen LogP contribution is 2.25. The first kappa shape index (κ1) is 14.2. The molecule has 106 valence electrons. The molecule has 0 spiro atoms. The maximum atomic E-state index is 12.2. The predicted molar refractivity (Wildman–Crippen MR) is 78.2 cm³/mol. The van der Waals surface area contributed by atoms with Crippen LogP contribution in [0.4, 0.5) is 11.4 Å². The zero-order valence-corrected chi connectivity index (χ0v) is 11.3. The molecular weight excluding hydrogens is 270 g/mol. The Morgan fingerprint density at radius 1 is 1.33 bits per heavy atom. The summed E-state index contributed by atoms with van der Waals surface area (Å²) in [6.45, 7) is 0. The lowest BCUT2D eigenvalue weighted by atomic mass is 10.1. The molecule has 0 radical (unpaired) electrons. The molecule has 0 fully saturated rings. The molecule has 6 nitrogen and oxygen atoms in total. The van der Waals surface area contributed by atoms with Crippen molar-refractivity contribution in [2.75, 3.05) is 18.2 Å². The van der Waals surface area contributed by atoms with Gasteiger partial charge in [0, 0.05) is 5.69 Å². The van der Waals surface area contributed by atoms with Crippen LogP contribution >= 0.6 is 0 Å². The highest BCUT2D eigenvalue weighted by atomic mass is 16.5. The minimum Gasteiger partial charge on any atom is -0.507 e. The largest absolute Gasteiger partial charge is 0.507 e. The molecular formula is C15H13N3O3. The number of phenols is 1. The maximum absolute atomic E-state index is 12.2. The molecule has 0 heterocycles. The van der Waals surface area contributed by atoms with E-state index in [4.69, 9.17) is 15.7 Å². The zero-order chi connectivity index (χ0) is 15.4. The van der Waals surface area contributed by atoms with Gasteiger partial charge >= 0.3 is 0 Å². The van der Waals surface area contributed by atoms with Crippen LogP contribution in [0.25, 0.3) is 0 Å². The normalized spacial score (nSPS) is 9.71. The summed E-state index contributed by atoms with van der Waals surface area (Å²) in [6.07, 6.45) is 0. The van der Waals surface area contributed by atoms with E-state index in [0.29, 0.717) is 17.1 Å². The average molecular weight is 283 g/mol. The molecule has 6 heteroatoms. The Hall–Kier alpha value is -3.20. The number of carbonyl (C=O) groups excluding carboxylic acids is 1. The number of rotatable bonds is 3. The first-order chi connectivity index (χ1) is 10.0. The monoisotopic (exact) mass is 283 g/mol. The number of nitrogens with two attached hydrogens (primary N) is 1. The molecule has 0 saturated carbocycles. The van der Waals surface area contributed by atoms with Crippen molar-refractivity contribution in [1.82, 2.24) is 0 Å². The van der Waals surface area contributed by atoms with Gasteiger partial charge in [-0.2, -0.15) is 5.26 Å². The van der Waals surface area contributed by atoms with Crippen LogP contribution in [0.1, 0.15) is 15.9 Å². The van der Waals surface area contributed by atoms with Gasteiger partial charge in [0.05, 0.1) is 23.9 Å². The van der Waals surface area contributed by atoms with Crippen LogP contribution in [0, 0.1) is 11.3 Å². The van der Waals surface area contributed by atoms with Crippen LogP contribution in [0.3, 0.4) is 0 Å². The third-order valence-electron chi connectivity index (χ3n) is 2.86. The van der Waals surface area contributed by atoms with E-state index >= 15 is 0 Å². The third kappa shape index (κ3) is 3.04. The van der Waals surface area contributed by atoms with Gasteiger partial charge in [-0.05, 0) is 36.4 Å². The molecule has 4 N–H and O–H groups in total. The highest BCUT2D eigenvalue weighted by Gasteiger charge is 2.14. The number of carbonyl (C=O) groups is 1. The second-order valence-corrected chi connectivity index (χ2v) is 4.25. The van der Waals surface area contributed by atoms with Crippen molar-refractivity contribution in [3.8, 4) is 17.6 Å². The summed E-state index contributed by atoms with van der Waals surface area (Å²) in [7, 11) is 1.46. The van der Waals surface area contributed by atoms with Crippen molar-refractivity contribution in [1.29, 1.82) is 5.26 Å². The van der Waals surface area contributed by atoms with E-state index in [2.05, 4.69) is 5.32 Å². The minimum atomic E-state index is -0.548. The van der Waals surface area contributed by atoms with Crippen LogP contribution in [0.15, 0.2) is 36.4 Å². The molecule has 0 bridgehead atoms. The van der Waals surface area contributed by atoms with Crippen molar-refractivity contribution in [3.63, 3.8) is 0 Å². The fraction of sp³-hybridized carbons (Fsp3) is 0.0667. The number of nitriles is 1. The Morgan fingerprint density at radius 2 is 2.10 bits per heavy atom. The van der Waals surface area contributed by atoms with E-state index in [-0.39, 0.29) is 16.9 Å². The Labute approximate surface area is 121 Å². The molecule has 1 amide bonds. The second-order valence-electron chi connectivity index (χ2n) is 4.25. The number of methoxy groups -OCH3 is 1. The molecule has 0 aliphatic rings. The fourth-order valence-corrected chi connectivity index (χ4v) is 1.78. The lowest BCUT2D eigenvalue weighted by Crippen LogP contribution is -2.13. The standard InChI is InChI=1S/C15H13N3O3/c1-21-11-3-5-14(19)12(7-11)15(20)18-13-4-2-10(17)6-9(13)8-16/h2-7,19H,17H2,1H3,(H,18,20). The maximum Gasteiger partial charge on any atom is 0.259 e. The first-order valence-electron chi connectivity index (χ1n) is 6.03. The van der Waals surface area contributed by atoms with Crippen molar-refractivity contribution in [2.24, 2.45) is 0 Å². The first-order valence-corrected chi connectivity index (χ1v) is 6.03. The van der Waals surface area contributed by atoms with Crippen LogP contribution in [0.5, 0.6) is 11.5 Å². The van der Waals surface area contributed by atoms with Gasteiger partial charge in [-0.25, -0.2) is 0 Å². The molecule has 0 aliphatic heterocycles. The fourth-order valence-electron chi connectivity index (χ4n) is 1.78. The number of hydrogen-bond acceptors (Lipinski definition) is 5. The summed E-state index contributed by atoms with van der Waals surface area (Å²) in [5, 5.41) is 21.3. The smallest absolute Gasteiger partial charge is 0.259 e. The lowest BCUT2D eigenvalue weighted by molar-refractivity contribution is 0.102. The molecule has 21 heavy (non-hydrogen) atoms. The Balaban J connectivity index is 2.33. The van der Waals surface area contributed by atoms with Gasteiger partial charge in [0.15, 0.2) is 0 Å². The molecule has 0 unspecified atom stereocenters. The average Bonchev–Trinajstić information content (AvgIpc) is 2.49. The van der Waals surface area contributed by atoms with Crippen LogP contribution in [-0.2, 0) is 0 Å². The number of ether oxygens (including phenoxy) is 1. The number of nitrogens with zero attached hydrogens (tertiary/aromatic N) is 1. The summed E-state index contributed by atoms with van der Waals surface area (Å²) < 4.78 is 5.01. The molecule has 0 aromatic heterocycles. The van der Waals surface area contributed by atoms with Gasteiger partial charge in [-0.15, -0.1) is 0 Å². The molecule has 2 aromatic carbocycles. The number of amides is 1. The predicted octanol–water partition coefficient (Wildman–Crippen LogP) is 2.11. The number of hydrogen-bond donors (Lipinski definition) is 3. The number of aromatic hydroxyl groups is 1. The molecule has 2 rings (SSSR count). The van der Waals surface area contributed by atoms with Crippen LogP contribution in [0.2, 0.25) is 0 Å². The van der Waals surface area contributed by atoms with Crippen molar-refractivity contribution >= 4 is 17.3 Å². The number of nitrogens with one attached hydrogen (secondary N) is 1. The van der Waals surface area contributed by atoms with Gasteiger partial charge < -0.3 is 20.9 Å². The van der Waals surface area contributed by atoms with E-state index < -0.39 is 5.91 Å². The molecule has 0 atom stereocenters. The van der Waals surface area contributed by atoms with Gasteiger partial charge in [-0.1, -0.05) is 0 Å². The zero-order valence-electron chi connectivity index (χ0n) is 11.3. The Kier molecular flexibility index (Phi) is 3.95. The third-order valence-corrected chi connectivity index (χ3v) is 2.86. The number of nitrogen functional groups attached to an aromatic ring is 1. The minimum absolute atomic E-state index is 0.0510. The van der Waals surface area contributed by atoms with E-state index in [1.807, 2.05) is 6.07 Å². The topological polar surface area (TPSA) is 108 Å². The molecule has 2 aromatic rings. The summed E-state index contributed by atoms with van der Waals surface area (Å²) in [4.78, 5) is 12.2. The van der Waals surface area contributed by atoms with E-state index in [0.717, 1.165) is 0 Å². The van der Waals surface area contributed by atoms with Crippen molar-refractivity contribution in [2.45, 2.75) is 0 Å². The van der Waals surface area contributed by atoms with Gasteiger partial charge in [0.1, 0.15) is 17.6 Å². The summed E-state index contributed by atoms with van der Waals surface area (Å²) in [5.74, 6) is -0.286. The highest BCUT2D eigenvalue weighted by molar-refractivity contribution is 6.07. The van der Waals surface area contributed by atoms with Crippen molar-refractivity contribution in [3.05, 3.63) is 47.5 Å². The Morgan fingerprint density at radius 3 is 2.76 bits per heavy atom. The second kappa shape index (κ2) is 5.84. The van der Waals surface area contributed by atoms with Crippen LogP contribution in [-0.4, -0.2) is 18.1 Å². The number of phenolic OH excluding ortho intramolecular Hbond substituents is 1. The van der Waals surface area contributed by atoms with Gasteiger partial charge in [0.25, 0.3) is 5.91 Å². The van der Waals surface area contributed by atoms with E-state index in [1.54, 1.807) is 6.07 Å². The quantitative estimate of drug-likeness (QED) is 0.747. The summed E-state index contributed by atoms with van der Waals surface area (Å²) >= 11 is 0. The SMILES string of the molecule is COc1ccc(O)c(C(=O)Nc2ccc(N)cc2C#N)c1. The number of anilines is 2. The van der Waals surface area contributed by atoms with Crippen molar-refractivity contribution < 1.29 is 14.6 Å². The lowest BCUT2D eigenvalue weighted by Gasteiger charge is -2.10. The van der Waals surface area contributed by atoms with E-state index in [1.165, 1.54) is 37.4 Å². The van der Waals surface area contributed by atoms with Gasteiger partial charge in [0.2, 0.25) is 0 Å². The summed E-state index contributed by atoms with van der Waals surface area (Å²) in [6, 6.07) is 10.8. The summed E-state index contributed by atoms with van der Waals surface area (Å²) in [5.41, 5.74) is 6.62. The van der Waals surface area contributed by atoms with Gasteiger partial charge in [-0.3, -0.25) is 4.79 Å².